The molecule has 1 unspecified atom stereocenters. The molecule has 2 aliphatic heterocycles. The van der Waals surface area contributed by atoms with Gasteiger partial charge in [0.15, 0.2) is 23.0 Å². The summed E-state index contributed by atoms with van der Waals surface area (Å²) in [5.74, 6) is 8.48. The van der Waals surface area contributed by atoms with Gasteiger partial charge in [-0.2, -0.15) is 0 Å². The first kappa shape index (κ1) is 25.4. The van der Waals surface area contributed by atoms with Crippen LogP contribution in [-0.2, 0) is 26.2 Å². The van der Waals surface area contributed by atoms with E-state index in [2.05, 4.69) is 28.8 Å². The molecule has 0 saturated carbocycles. The predicted octanol–water partition coefficient (Wildman–Crippen LogP) is 1.44. The summed E-state index contributed by atoms with van der Waals surface area (Å²) in [6.07, 6.45) is 3.18. The molecule has 11 nitrogen and oxygen atoms in total. The van der Waals surface area contributed by atoms with Gasteiger partial charge in [0.05, 0.1) is 0 Å². The van der Waals surface area contributed by atoms with Gasteiger partial charge in [-0.3, -0.25) is 24.0 Å². The Balaban J connectivity index is 1.93. The van der Waals surface area contributed by atoms with E-state index in [0.717, 1.165) is 57.1 Å². The molecule has 0 amide bonds. The Hall–Kier alpha value is -2.66. The number of hydrazine groups is 1. The Morgan fingerprint density at radius 3 is 1.60 bits per heavy atom. The topological polar surface area (TPSA) is 92.8 Å². The average molecular weight is 490 g/mol. The van der Waals surface area contributed by atoms with Crippen molar-refractivity contribution in [1.82, 2.24) is 23.6 Å². The normalized spacial score (nSPS) is 18.5. The Bertz CT molecular complexity index is 1150. The molecule has 196 valence electrons. The standard InChI is InChI=1S/C24H43N9O2/c1-7-29-21(27-14-11-12-15-27)19(23(34)31(29)9-3)33(25)20-22(28-16-13-18(17-28)26(5)6)30(8-2)32(10-4)24(20)35/h18H,7-17,25H2,1-6H3. The van der Waals surface area contributed by atoms with Gasteiger partial charge in [-0.1, -0.05) is 0 Å². The van der Waals surface area contributed by atoms with E-state index in [1.807, 2.05) is 37.1 Å². The molecule has 0 bridgehead atoms. The molecule has 2 N–H and O–H groups in total. The molecule has 4 heterocycles. The summed E-state index contributed by atoms with van der Waals surface area (Å²) in [5, 5.41) is 1.41. The van der Waals surface area contributed by atoms with Crippen LogP contribution < -0.4 is 31.8 Å². The van der Waals surface area contributed by atoms with E-state index in [1.165, 1.54) is 5.01 Å². The highest BCUT2D eigenvalue weighted by Crippen LogP contribution is 2.37. The van der Waals surface area contributed by atoms with Crippen LogP contribution in [0.4, 0.5) is 23.0 Å². The largest absolute Gasteiger partial charge is 0.355 e. The van der Waals surface area contributed by atoms with Crippen molar-refractivity contribution in [3.05, 3.63) is 20.7 Å². The number of aromatic nitrogens is 4. The number of hydrogen-bond donors (Lipinski definition) is 1. The minimum absolute atomic E-state index is 0.149. The number of nitrogens with two attached hydrogens (primary N) is 1. The minimum atomic E-state index is -0.153. The summed E-state index contributed by atoms with van der Waals surface area (Å²) in [7, 11) is 4.19. The maximum absolute atomic E-state index is 13.8. The summed E-state index contributed by atoms with van der Waals surface area (Å²) in [5.41, 5.74) is 0.485. The van der Waals surface area contributed by atoms with E-state index in [-0.39, 0.29) is 11.1 Å². The summed E-state index contributed by atoms with van der Waals surface area (Å²) in [6.45, 7) is 13.8. The van der Waals surface area contributed by atoms with E-state index >= 15 is 0 Å². The summed E-state index contributed by atoms with van der Waals surface area (Å²) >= 11 is 0. The zero-order valence-corrected chi connectivity index (χ0v) is 22.3. The molecule has 2 saturated heterocycles. The zero-order chi connectivity index (χ0) is 25.4. The van der Waals surface area contributed by atoms with Crippen LogP contribution in [0.3, 0.4) is 0 Å². The van der Waals surface area contributed by atoms with Crippen molar-refractivity contribution in [2.45, 2.75) is 79.2 Å². The van der Waals surface area contributed by atoms with Crippen LogP contribution in [0, 0.1) is 0 Å². The number of anilines is 4. The molecular weight excluding hydrogens is 446 g/mol. The molecule has 35 heavy (non-hydrogen) atoms. The van der Waals surface area contributed by atoms with Gasteiger partial charge in [-0.05, 0) is 61.1 Å². The predicted molar refractivity (Wildman–Crippen MR) is 142 cm³/mol. The Labute approximate surface area is 207 Å². The van der Waals surface area contributed by atoms with Crippen LogP contribution in [0.5, 0.6) is 0 Å². The van der Waals surface area contributed by atoms with Crippen molar-refractivity contribution in [2.75, 3.05) is 55.1 Å². The molecule has 2 aromatic rings. The molecule has 0 radical (unpaired) electrons. The van der Waals surface area contributed by atoms with Crippen LogP contribution in [0.25, 0.3) is 0 Å². The zero-order valence-electron chi connectivity index (χ0n) is 22.3. The second-order valence-corrected chi connectivity index (χ2v) is 9.73. The molecule has 0 aromatic carbocycles. The highest BCUT2D eigenvalue weighted by atomic mass is 16.1. The van der Waals surface area contributed by atoms with Crippen LogP contribution in [0.15, 0.2) is 9.59 Å². The van der Waals surface area contributed by atoms with Crippen molar-refractivity contribution in [3.8, 4) is 0 Å². The fourth-order valence-electron chi connectivity index (χ4n) is 5.84. The second kappa shape index (κ2) is 10.1. The third kappa shape index (κ3) is 4.08. The third-order valence-electron chi connectivity index (χ3n) is 7.65. The minimum Gasteiger partial charge on any atom is -0.355 e. The fourth-order valence-corrected chi connectivity index (χ4v) is 5.84. The van der Waals surface area contributed by atoms with E-state index in [4.69, 9.17) is 5.84 Å². The third-order valence-corrected chi connectivity index (χ3v) is 7.65. The molecule has 0 aliphatic carbocycles. The molecule has 2 fully saturated rings. The average Bonchev–Trinajstić information content (AvgIpc) is 3.62. The summed E-state index contributed by atoms with van der Waals surface area (Å²) in [6, 6.07) is 0.401. The second-order valence-electron chi connectivity index (χ2n) is 9.73. The van der Waals surface area contributed by atoms with Gasteiger partial charge >= 0.3 is 0 Å². The Morgan fingerprint density at radius 2 is 1.20 bits per heavy atom. The van der Waals surface area contributed by atoms with Crippen LogP contribution in [0.1, 0.15) is 47.0 Å². The lowest BCUT2D eigenvalue weighted by atomic mass is 10.2. The quantitative estimate of drug-likeness (QED) is 0.421. The number of rotatable bonds is 9. The van der Waals surface area contributed by atoms with Gasteiger partial charge in [0.2, 0.25) is 0 Å². The van der Waals surface area contributed by atoms with Crippen molar-refractivity contribution >= 4 is 23.0 Å². The smallest absolute Gasteiger partial charge is 0.294 e. The highest BCUT2D eigenvalue weighted by molar-refractivity contribution is 5.80. The van der Waals surface area contributed by atoms with Gasteiger partial charge in [-0.15, -0.1) is 0 Å². The van der Waals surface area contributed by atoms with Gasteiger partial charge in [0.25, 0.3) is 11.1 Å². The van der Waals surface area contributed by atoms with Crippen molar-refractivity contribution in [3.63, 3.8) is 0 Å². The molecule has 1 atom stereocenters. The van der Waals surface area contributed by atoms with E-state index in [9.17, 15) is 9.59 Å². The van der Waals surface area contributed by atoms with E-state index < -0.39 is 0 Å². The van der Waals surface area contributed by atoms with Gasteiger partial charge in [-0.25, -0.2) is 15.2 Å². The molecule has 0 spiro atoms. The maximum Gasteiger partial charge on any atom is 0.294 e. The lowest BCUT2D eigenvalue weighted by molar-refractivity contribution is 0.315. The SMILES string of the molecule is CCn1c(N2CCCC2)c(N(N)c2c(N3CCC(N(C)C)C3)n(CC)n(CC)c2=O)c(=O)n1CC. The first-order chi connectivity index (χ1) is 16.8. The summed E-state index contributed by atoms with van der Waals surface area (Å²) in [4.78, 5) is 34.3. The number of hydrogen-bond acceptors (Lipinski definition) is 7. The first-order valence-corrected chi connectivity index (χ1v) is 13.2. The van der Waals surface area contributed by atoms with Gasteiger partial charge in [0.1, 0.15) is 0 Å². The van der Waals surface area contributed by atoms with Crippen LogP contribution >= 0.6 is 0 Å². The molecule has 2 aromatic heterocycles. The van der Waals surface area contributed by atoms with Crippen LogP contribution in [0.2, 0.25) is 0 Å². The number of likely N-dealkylation sites (N-methyl/N-ethyl adjacent to an activating group) is 1. The summed E-state index contributed by atoms with van der Waals surface area (Å²) < 4.78 is 7.55. The maximum atomic E-state index is 13.8. The van der Waals surface area contributed by atoms with Gasteiger partial charge in [0, 0.05) is 58.4 Å². The molecule has 4 rings (SSSR count). The van der Waals surface area contributed by atoms with E-state index in [0.29, 0.717) is 43.6 Å². The first-order valence-electron chi connectivity index (χ1n) is 13.2. The number of nitrogens with zero attached hydrogens (tertiary/aromatic N) is 8. The molecule has 11 heteroatoms. The monoisotopic (exact) mass is 489 g/mol. The van der Waals surface area contributed by atoms with Crippen molar-refractivity contribution < 1.29 is 0 Å². The fraction of sp³-hybridized carbons (Fsp3) is 0.750. The Morgan fingerprint density at radius 1 is 0.743 bits per heavy atom. The highest BCUT2D eigenvalue weighted by Gasteiger charge is 2.36. The van der Waals surface area contributed by atoms with Crippen molar-refractivity contribution in [2.24, 2.45) is 5.84 Å². The molecule has 2 aliphatic rings. The lowest BCUT2D eigenvalue weighted by Crippen LogP contribution is -2.37. The van der Waals surface area contributed by atoms with E-state index in [1.54, 1.807) is 9.36 Å². The van der Waals surface area contributed by atoms with Crippen molar-refractivity contribution in [1.29, 1.82) is 0 Å². The Kier molecular flexibility index (Phi) is 7.37. The van der Waals surface area contributed by atoms with Crippen LogP contribution in [-0.4, -0.2) is 69.9 Å². The molecular formula is C24H43N9O2. The van der Waals surface area contributed by atoms with Gasteiger partial charge < -0.3 is 14.7 Å². The lowest BCUT2D eigenvalue weighted by Gasteiger charge is -2.27.